The molecule has 0 unspecified atom stereocenters. The zero-order valence-electron chi connectivity index (χ0n) is 11.0. The number of nitrogens with zero attached hydrogens (tertiary/aromatic N) is 2. The molecule has 0 spiro atoms. The number of aryl methyl sites for hydroxylation is 1. The zero-order valence-corrected chi connectivity index (χ0v) is 11.8. The molecule has 0 saturated heterocycles. The van der Waals surface area contributed by atoms with E-state index < -0.39 is 0 Å². The predicted octanol–water partition coefficient (Wildman–Crippen LogP) is 1.20. The van der Waals surface area contributed by atoms with Gasteiger partial charge in [0.25, 0.3) is 5.91 Å². The van der Waals surface area contributed by atoms with Gasteiger partial charge in [0.2, 0.25) is 0 Å². The Bertz CT molecular complexity index is 496. The molecule has 2 N–H and O–H groups in total. The highest BCUT2D eigenvalue weighted by atomic mass is 32.1. The van der Waals surface area contributed by atoms with Crippen molar-refractivity contribution in [2.24, 2.45) is 0 Å². The Balaban J connectivity index is 2.13. The van der Waals surface area contributed by atoms with Crippen LogP contribution >= 0.6 is 11.3 Å². The van der Waals surface area contributed by atoms with Gasteiger partial charge in [-0.05, 0) is 26.7 Å². The monoisotopic (exact) mass is 283 g/mol. The van der Waals surface area contributed by atoms with E-state index in [4.69, 9.17) is 10.5 Å². The number of ether oxygens (including phenoxy) is 1. The highest BCUT2D eigenvalue weighted by Crippen LogP contribution is 2.30. The van der Waals surface area contributed by atoms with Gasteiger partial charge >= 0.3 is 5.97 Å². The number of rotatable bonds is 5. The van der Waals surface area contributed by atoms with Crippen molar-refractivity contribution in [3.63, 3.8) is 0 Å². The second kappa shape index (κ2) is 5.56. The summed E-state index contributed by atoms with van der Waals surface area (Å²) in [4.78, 5) is 30.1. The third kappa shape index (κ3) is 3.23. The van der Waals surface area contributed by atoms with E-state index in [1.54, 1.807) is 18.7 Å². The molecule has 1 amide bonds. The largest absolute Gasteiger partial charge is 0.465 e. The molecule has 1 heterocycles. The summed E-state index contributed by atoms with van der Waals surface area (Å²) in [6, 6.07) is 0.139. The number of thiazole rings is 1. The van der Waals surface area contributed by atoms with Gasteiger partial charge in [-0.1, -0.05) is 11.3 Å². The van der Waals surface area contributed by atoms with E-state index >= 15 is 0 Å². The molecule has 1 fully saturated rings. The molecule has 0 bridgehead atoms. The molecule has 104 valence electrons. The van der Waals surface area contributed by atoms with E-state index in [1.165, 1.54) is 0 Å². The number of aromatic nitrogens is 1. The first-order valence-corrected chi connectivity index (χ1v) is 7.04. The summed E-state index contributed by atoms with van der Waals surface area (Å²) < 4.78 is 4.90. The highest BCUT2D eigenvalue weighted by molar-refractivity contribution is 7.17. The number of hydrogen-bond acceptors (Lipinski definition) is 6. The minimum Gasteiger partial charge on any atom is -0.465 e. The molecule has 1 aliphatic carbocycles. The lowest BCUT2D eigenvalue weighted by atomic mass is 10.3. The summed E-state index contributed by atoms with van der Waals surface area (Å²) in [6.45, 7) is 3.80. The fourth-order valence-electron chi connectivity index (χ4n) is 1.84. The standard InChI is InChI=1S/C12H17N3O3S/c1-3-18-9(16)6-15(8-4-5-8)11(17)10-7(2)14-12(13)19-10/h8H,3-6H2,1-2H3,(H2,13,14). The lowest BCUT2D eigenvalue weighted by Gasteiger charge is -2.20. The van der Waals surface area contributed by atoms with Crippen molar-refractivity contribution < 1.29 is 14.3 Å². The maximum Gasteiger partial charge on any atom is 0.325 e. The van der Waals surface area contributed by atoms with Crippen LogP contribution in [0.5, 0.6) is 0 Å². The fourth-order valence-corrected chi connectivity index (χ4v) is 2.63. The van der Waals surface area contributed by atoms with Crippen LogP contribution in [0.2, 0.25) is 0 Å². The van der Waals surface area contributed by atoms with Crippen LogP contribution < -0.4 is 5.73 Å². The number of carbonyl (C=O) groups is 2. The third-order valence-corrected chi connectivity index (χ3v) is 3.84. The van der Waals surface area contributed by atoms with Crippen molar-refractivity contribution in [1.82, 2.24) is 9.88 Å². The first-order chi connectivity index (χ1) is 9.02. The number of nitrogens with two attached hydrogens (primary N) is 1. The molecule has 0 aromatic carbocycles. The van der Waals surface area contributed by atoms with E-state index in [2.05, 4.69) is 4.98 Å². The molecule has 1 aromatic rings. The van der Waals surface area contributed by atoms with Crippen LogP contribution in [0.1, 0.15) is 35.1 Å². The van der Waals surface area contributed by atoms with Crippen LogP contribution in [-0.2, 0) is 9.53 Å². The highest BCUT2D eigenvalue weighted by Gasteiger charge is 2.36. The molecule has 0 atom stereocenters. The van der Waals surface area contributed by atoms with E-state index in [0.29, 0.717) is 22.3 Å². The topological polar surface area (TPSA) is 85.5 Å². The van der Waals surface area contributed by atoms with E-state index in [9.17, 15) is 9.59 Å². The Morgan fingerprint density at radius 2 is 2.21 bits per heavy atom. The maximum atomic E-state index is 12.4. The number of carbonyl (C=O) groups excluding carboxylic acids is 2. The smallest absolute Gasteiger partial charge is 0.325 e. The van der Waals surface area contributed by atoms with Gasteiger partial charge < -0.3 is 15.4 Å². The number of hydrogen-bond donors (Lipinski definition) is 1. The normalized spacial score (nSPS) is 14.2. The first-order valence-electron chi connectivity index (χ1n) is 6.22. The van der Waals surface area contributed by atoms with Crippen LogP contribution in [0.25, 0.3) is 0 Å². The maximum absolute atomic E-state index is 12.4. The summed E-state index contributed by atoms with van der Waals surface area (Å²) in [5.41, 5.74) is 6.22. The molecule has 1 aromatic heterocycles. The van der Waals surface area contributed by atoms with Crippen LogP contribution in [0.3, 0.4) is 0 Å². The summed E-state index contributed by atoms with van der Waals surface area (Å²) in [6.07, 6.45) is 1.86. The average Bonchev–Trinajstić information content (AvgIpc) is 3.11. The molecule has 2 rings (SSSR count). The number of esters is 1. The van der Waals surface area contributed by atoms with E-state index in [1.807, 2.05) is 0 Å². The summed E-state index contributed by atoms with van der Waals surface area (Å²) in [5.74, 6) is -0.555. The van der Waals surface area contributed by atoms with Crippen LogP contribution in [-0.4, -0.2) is 41.0 Å². The van der Waals surface area contributed by atoms with Gasteiger partial charge in [-0.3, -0.25) is 9.59 Å². The van der Waals surface area contributed by atoms with Crippen molar-refractivity contribution in [2.45, 2.75) is 32.7 Å². The van der Waals surface area contributed by atoms with Crippen molar-refractivity contribution >= 4 is 28.3 Å². The summed E-state index contributed by atoms with van der Waals surface area (Å²) in [5, 5.41) is 0.368. The Morgan fingerprint density at radius 3 is 2.68 bits per heavy atom. The van der Waals surface area contributed by atoms with Crippen LogP contribution in [0.15, 0.2) is 0 Å². The number of amides is 1. The Kier molecular flexibility index (Phi) is 4.04. The molecular formula is C12H17N3O3S. The van der Waals surface area contributed by atoms with Crippen LogP contribution in [0.4, 0.5) is 5.13 Å². The van der Waals surface area contributed by atoms with Gasteiger partial charge in [-0.15, -0.1) is 0 Å². The van der Waals surface area contributed by atoms with Gasteiger partial charge in [0, 0.05) is 6.04 Å². The third-order valence-electron chi connectivity index (χ3n) is 2.86. The quantitative estimate of drug-likeness (QED) is 0.821. The lowest BCUT2D eigenvalue weighted by Crippen LogP contribution is -2.38. The minimum absolute atomic E-state index is 0.00537. The fraction of sp³-hybridized carbons (Fsp3) is 0.583. The second-order valence-electron chi connectivity index (χ2n) is 4.44. The second-order valence-corrected chi connectivity index (χ2v) is 5.47. The molecule has 7 heteroatoms. The van der Waals surface area contributed by atoms with Gasteiger partial charge in [-0.25, -0.2) is 4.98 Å². The molecular weight excluding hydrogens is 266 g/mol. The average molecular weight is 283 g/mol. The Morgan fingerprint density at radius 1 is 1.53 bits per heavy atom. The SMILES string of the molecule is CCOC(=O)CN(C(=O)c1sc(N)nc1C)C1CC1. The molecule has 6 nitrogen and oxygen atoms in total. The Labute approximate surface area is 115 Å². The zero-order chi connectivity index (χ0) is 14.0. The van der Waals surface area contributed by atoms with Crippen molar-refractivity contribution in [2.75, 3.05) is 18.9 Å². The first kappa shape index (κ1) is 13.8. The van der Waals surface area contributed by atoms with E-state index in [-0.39, 0.29) is 24.5 Å². The van der Waals surface area contributed by atoms with Crippen molar-refractivity contribution in [3.05, 3.63) is 10.6 Å². The number of anilines is 1. The van der Waals surface area contributed by atoms with Crippen molar-refractivity contribution in [1.29, 1.82) is 0 Å². The molecule has 19 heavy (non-hydrogen) atoms. The number of nitrogen functional groups attached to an aromatic ring is 1. The van der Waals surface area contributed by atoms with Gasteiger partial charge in [0.1, 0.15) is 11.4 Å². The summed E-state index contributed by atoms with van der Waals surface area (Å²) >= 11 is 1.16. The van der Waals surface area contributed by atoms with Gasteiger partial charge in [0.15, 0.2) is 5.13 Å². The molecule has 0 aliphatic heterocycles. The molecule has 1 saturated carbocycles. The Hall–Kier alpha value is -1.63. The lowest BCUT2D eigenvalue weighted by molar-refractivity contribution is -0.143. The van der Waals surface area contributed by atoms with Crippen molar-refractivity contribution in [3.8, 4) is 0 Å². The van der Waals surface area contributed by atoms with Crippen LogP contribution in [0, 0.1) is 6.92 Å². The van der Waals surface area contributed by atoms with Gasteiger partial charge in [-0.2, -0.15) is 0 Å². The molecule has 1 aliphatic rings. The van der Waals surface area contributed by atoms with Gasteiger partial charge in [0.05, 0.1) is 12.3 Å². The molecule has 0 radical (unpaired) electrons. The summed E-state index contributed by atoms with van der Waals surface area (Å²) in [7, 11) is 0. The van der Waals surface area contributed by atoms with E-state index in [0.717, 1.165) is 24.2 Å². The minimum atomic E-state index is -0.377. The predicted molar refractivity (Wildman–Crippen MR) is 72.0 cm³/mol.